The first-order valence-electron chi connectivity index (χ1n) is 5.29. The molecule has 82 valence electrons. The number of carbonyl (C=O) groups excluding carboxylic acids is 1. The third-order valence-electron chi connectivity index (χ3n) is 2.29. The standard InChI is InChI=1S/C12H18N2O/c13-12(14)9-5-4-8-11(15)10-6-2-1-3-7-10/h1-3,6-7,12H,4-5,8-9,13-14H2. The monoisotopic (exact) mass is 206 g/mol. The average molecular weight is 206 g/mol. The van der Waals surface area contributed by atoms with Crippen LogP contribution in [0.1, 0.15) is 36.0 Å². The molecule has 3 heteroatoms. The number of unbranched alkanes of at least 4 members (excludes halogenated alkanes) is 1. The molecular weight excluding hydrogens is 188 g/mol. The normalized spacial score (nSPS) is 10.6. The highest BCUT2D eigenvalue weighted by molar-refractivity contribution is 5.95. The van der Waals surface area contributed by atoms with Gasteiger partial charge in [0.15, 0.2) is 5.78 Å². The highest BCUT2D eigenvalue weighted by atomic mass is 16.1. The average Bonchev–Trinajstić information content (AvgIpc) is 2.25. The first-order valence-corrected chi connectivity index (χ1v) is 5.29. The zero-order chi connectivity index (χ0) is 11.1. The summed E-state index contributed by atoms with van der Waals surface area (Å²) in [6.07, 6.45) is 2.88. The Bertz CT molecular complexity index is 296. The number of ketones is 1. The maximum Gasteiger partial charge on any atom is 0.162 e. The number of benzene rings is 1. The molecule has 15 heavy (non-hydrogen) atoms. The number of hydrogen-bond acceptors (Lipinski definition) is 3. The molecule has 1 rings (SSSR count). The molecule has 1 aromatic carbocycles. The van der Waals surface area contributed by atoms with Crippen molar-refractivity contribution in [3.05, 3.63) is 35.9 Å². The van der Waals surface area contributed by atoms with Gasteiger partial charge in [-0.1, -0.05) is 36.8 Å². The van der Waals surface area contributed by atoms with E-state index in [0.717, 1.165) is 24.8 Å². The molecule has 0 unspecified atom stereocenters. The van der Waals surface area contributed by atoms with Crippen molar-refractivity contribution in [1.29, 1.82) is 0 Å². The molecule has 0 bridgehead atoms. The fourth-order valence-corrected chi connectivity index (χ4v) is 1.43. The number of carbonyl (C=O) groups is 1. The molecule has 0 aliphatic heterocycles. The van der Waals surface area contributed by atoms with Crippen LogP contribution in [0.5, 0.6) is 0 Å². The molecule has 3 nitrogen and oxygen atoms in total. The van der Waals surface area contributed by atoms with Crippen LogP contribution in [0.3, 0.4) is 0 Å². The Labute approximate surface area is 90.5 Å². The highest BCUT2D eigenvalue weighted by Crippen LogP contribution is 2.07. The van der Waals surface area contributed by atoms with Gasteiger partial charge < -0.3 is 11.5 Å². The second kappa shape index (κ2) is 6.32. The fourth-order valence-electron chi connectivity index (χ4n) is 1.43. The summed E-state index contributed by atoms with van der Waals surface area (Å²) in [7, 11) is 0. The molecule has 1 aromatic rings. The van der Waals surface area contributed by atoms with Crippen LogP contribution in [0.25, 0.3) is 0 Å². The highest BCUT2D eigenvalue weighted by Gasteiger charge is 2.04. The minimum Gasteiger partial charge on any atom is -0.316 e. The van der Waals surface area contributed by atoms with E-state index in [-0.39, 0.29) is 11.9 Å². The summed E-state index contributed by atoms with van der Waals surface area (Å²) in [6, 6.07) is 9.35. The van der Waals surface area contributed by atoms with E-state index in [2.05, 4.69) is 0 Å². The molecule has 0 saturated heterocycles. The van der Waals surface area contributed by atoms with Crippen LogP contribution < -0.4 is 11.5 Å². The van der Waals surface area contributed by atoms with Crippen molar-refractivity contribution in [2.45, 2.75) is 31.8 Å². The lowest BCUT2D eigenvalue weighted by Gasteiger charge is -2.04. The first-order chi connectivity index (χ1) is 7.20. The molecule has 0 saturated carbocycles. The van der Waals surface area contributed by atoms with Crippen LogP contribution in [0.4, 0.5) is 0 Å². The first kappa shape index (κ1) is 11.9. The number of Topliss-reactive ketones (excluding diaryl/α,β-unsaturated/α-hetero) is 1. The maximum absolute atomic E-state index is 11.6. The quantitative estimate of drug-likeness (QED) is 0.422. The summed E-state index contributed by atoms with van der Waals surface area (Å²) in [4.78, 5) is 11.6. The van der Waals surface area contributed by atoms with E-state index in [1.165, 1.54) is 0 Å². The number of hydrogen-bond donors (Lipinski definition) is 2. The van der Waals surface area contributed by atoms with Crippen molar-refractivity contribution < 1.29 is 4.79 Å². The lowest BCUT2D eigenvalue weighted by molar-refractivity contribution is 0.0979. The zero-order valence-corrected chi connectivity index (χ0v) is 8.86. The van der Waals surface area contributed by atoms with Gasteiger partial charge >= 0.3 is 0 Å². The Kier molecular flexibility index (Phi) is 5.01. The van der Waals surface area contributed by atoms with Crippen LogP contribution in [0.15, 0.2) is 30.3 Å². The Morgan fingerprint density at radius 3 is 2.40 bits per heavy atom. The van der Waals surface area contributed by atoms with Crippen LogP contribution >= 0.6 is 0 Å². The van der Waals surface area contributed by atoms with Gasteiger partial charge in [-0.05, 0) is 12.8 Å². The SMILES string of the molecule is NC(N)CCCCC(=O)c1ccccc1. The molecule has 0 aliphatic rings. The van der Waals surface area contributed by atoms with Gasteiger partial charge in [-0.15, -0.1) is 0 Å². The van der Waals surface area contributed by atoms with Gasteiger partial charge in [0.05, 0.1) is 6.17 Å². The molecule has 0 atom stereocenters. The number of rotatable bonds is 6. The molecule has 0 spiro atoms. The van der Waals surface area contributed by atoms with E-state index >= 15 is 0 Å². The summed E-state index contributed by atoms with van der Waals surface area (Å²) < 4.78 is 0. The molecule has 0 aromatic heterocycles. The molecule has 4 N–H and O–H groups in total. The topological polar surface area (TPSA) is 69.1 Å². The van der Waals surface area contributed by atoms with E-state index in [9.17, 15) is 4.79 Å². The van der Waals surface area contributed by atoms with Crippen molar-refractivity contribution >= 4 is 5.78 Å². The Morgan fingerprint density at radius 2 is 1.80 bits per heavy atom. The van der Waals surface area contributed by atoms with Crippen LogP contribution in [-0.4, -0.2) is 11.9 Å². The molecular formula is C12H18N2O. The summed E-state index contributed by atoms with van der Waals surface area (Å²) in [5.41, 5.74) is 11.6. The third kappa shape index (κ3) is 4.72. The smallest absolute Gasteiger partial charge is 0.162 e. The lowest BCUT2D eigenvalue weighted by atomic mass is 10.0. The largest absolute Gasteiger partial charge is 0.316 e. The Balaban J connectivity index is 2.25. The Morgan fingerprint density at radius 1 is 1.13 bits per heavy atom. The maximum atomic E-state index is 11.6. The van der Waals surface area contributed by atoms with Crippen molar-refractivity contribution in [2.75, 3.05) is 0 Å². The minimum atomic E-state index is -0.253. The van der Waals surface area contributed by atoms with Crippen molar-refractivity contribution in [2.24, 2.45) is 11.5 Å². The van der Waals surface area contributed by atoms with E-state index in [1.54, 1.807) is 0 Å². The predicted octanol–water partition coefficient (Wildman–Crippen LogP) is 1.67. The van der Waals surface area contributed by atoms with Gasteiger partial charge in [0.25, 0.3) is 0 Å². The summed E-state index contributed by atoms with van der Waals surface area (Å²) in [5, 5.41) is 0. The van der Waals surface area contributed by atoms with E-state index in [4.69, 9.17) is 11.5 Å². The Hall–Kier alpha value is -1.19. The van der Waals surface area contributed by atoms with Crippen LogP contribution in [-0.2, 0) is 0 Å². The van der Waals surface area contributed by atoms with E-state index in [1.807, 2.05) is 30.3 Å². The van der Waals surface area contributed by atoms with Crippen molar-refractivity contribution in [3.63, 3.8) is 0 Å². The molecule has 0 radical (unpaired) electrons. The predicted molar refractivity (Wildman–Crippen MR) is 61.4 cm³/mol. The summed E-state index contributed by atoms with van der Waals surface area (Å²) in [5.74, 6) is 0.196. The van der Waals surface area contributed by atoms with Gasteiger partial charge in [0, 0.05) is 12.0 Å². The molecule has 0 amide bonds. The van der Waals surface area contributed by atoms with Crippen LogP contribution in [0, 0.1) is 0 Å². The number of nitrogens with two attached hydrogens (primary N) is 2. The third-order valence-corrected chi connectivity index (χ3v) is 2.29. The molecule has 0 fully saturated rings. The van der Waals surface area contributed by atoms with Gasteiger partial charge in [0.2, 0.25) is 0 Å². The zero-order valence-electron chi connectivity index (χ0n) is 8.86. The van der Waals surface area contributed by atoms with Gasteiger partial charge in [0.1, 0.15) is 0 Å². The van der Waals surface area contributed by atoms with Gasteiger partial charge in [-0.25, -0.2) is 0 Å². The molecule has 0 aliphatic carbocycles. The second-order valence-electron chi connectivity index (χ2n) is 3.70. The minimum absolute atomic E-state index is 0.196. The van der Waals surface area contributed by atoms with Gasteiger partial charge in [-0.2, -0.15) is 0 Å². The second-order valence-corrected chi connectivity index (χ2v) is 3.70. The summed E-state index contributed by atoms with van der Waals surface area (Å²) >= 11 is 0. The van der Waals surface area contributed by atoms with E-state index < -0.39 is 0 Å². The summed E-state index contributed by atoms with van der Waals surface area (Å²) in [6.45, 7) is 0. The van der Waals surface area contributed by atoms with Gasteiger partial charge in [-0.3, -0.25) is 4.79 Å². The van der Waals surface area contributed by atoms with E-state index in [0.29, 0.717) is 6.42 Å². The molecule has 0 heterocycles. The van der Waals surface area contributed by atoms with Crippen LogP contribution in [0.2, 0.25) is 0 Å². The van der Waals surface area contributed by atoms with Crippen molar-refractivity contribution in [1.82, 2.24) is 0 Å². The fraction of sp³-hybridized carbons (Fsp3) is 0.417. The van der Waals surface area contributed by atoms with Crippen molar-refractivity contribution in [3.8, 4) is 0 Å². The lowest BCUT2D eigenvalue weighted by Crippen LogP contribution is -2.29.